The second-order valence-corrected chi connectivity index (χ2v) is 5.91. The minimum absolute atomic E-state index is 0.263. The Hall–Kier alpha value is -3.39. The first-order chi connectivity index (χ1) is 11.7. The molecular weight excluding hydrogens is 350 g/mol. The third-order valence-electron chi connectivity index (χ3n) is 3.21. The molecule has 0 aromatic carbocycles. The van der Waals surface area contributed by atoms with Gasteiger partial charge in [-0.2, -0.15) is 5.26 Å². The average Bonchev–Trinajstić information content (AvgIpc) is 2.95. The normalized spacial score (nSPS) is 11.5. The van der Waals surface area contributed by atoms with Gasteiger partial charge in [0.05, 0.1) is 23.7 Å². The van der Waals surface area contributed by atoms with Gasteiger partial charge in [0.2, 0.25) is 0 Å². The lowest BCUT2D eigenvalue weighted by atomic mass is 10.1. The summed E-state index contributed by atoms with van der Waals surface area (Å²) in [4.78, 5) is 50.0. The monoisotopic (exact) mass is 361 g/mol. The summed E-state index contributed by atoms with van der Waals surface area (Å²) in [6.45, 7) is 1.07. The van der Waals surface area contributed by atoms with Crippen LogP contribution in [0, 0.1) is 28.4 Å². The van der Waals surface area contributed by atoms with Crippen LogP contribution in [0.2, 0.25) is 0 Å². The first-order valence-electron chi connectivity index (χ1n) is 6.77. The van der Waals surface area contributed by atoms with Gasteiger partial charge in [-0.3, -0.25) is 24.5 Å². The van der Waals surface area contributed by atoms with E-state index in [0.29, 0.717) is 10.3 Å². The molecule has 25 heavy (non-hydrogen) atoms. The molecule has 0 fully saturated rings. The molecule has 0 radical (unpaired) electrons. The van der Waals surface area contributed by atoms with Crippen LogP contribution in [-0.4, -0.2) is 26.2 Å². The van der Waals surface area contributed by atoms with Gasteiger partial charge in [-0.1, -0.05) is 0 Å². The number of aromatic nitrogens is 2. The summed E-state index contributed by atoms with van der Waals surface area (Å²) in [5.41, 5.74) is 3.55. The van der Waals surface area contributed by atoms with E-state index in [4.69, 9.17) is 5.73 Å². The maximum Gasteiger partial charge on any atom is 0.286 e. The van der Waals surface area contributed by atoms with E-state index in [1.807, 2.05) is 0 Å². The highest BCUT2D eigenvalue weighted by atomic mass is 32.1. The molecule has 0 aliphatic heterocycles. The highest BCUT2D eigenvalue weighted by molar-refractivity contribution is 7.09. The number of Topliss-reactive ketones (excluding diaryl/α,β-unsaturated/α-hetero) is 1. The average molecular weight is 361 g/mol. The number of hydrogen-bond donors (Lipinski definition) is 1. The highest BCUT2D eigenvalue weighted by Crippen LogP contribution is 2.21. The van der Waals surface area contributed by atoms with Gasteiger partial charge in [0, 0.05) is 17.1 Å². The third kappa shape index (κ3) is 3.75. The Morgan fingerprint density at radius 2 is 2.24 bits per heavy atom. The third-order valence-corrected chi connectivity index (χ3v) is 4.24. The van der Waals surface area contributed by atoms with Gasteiger partial charge in [-0.05, 0) is 6.92 Å². The van der Waals surface area contributed by atoms with Gasteiger partial charge >= 0.3 is 0 Å². The summed E-state index contributed by atoms with van der Waals surface area (Å²) < 4.78 is 0.700. The Bertz CT molecular complexity index is 971. The zero-order valence-electron chi connectivity index (χ0n) is 12.8. The fourth-order valence-electron chi connectivity index (χ4n) is 2.04. The zero-order valence-corrected chi connectivity index (χ0v) is 13.6. The van der Waals surface area contributed by atoms with Crippen LogP contribution >= 0.6 is 11.3 Å². The molecule has 0 aliphatic carbocycles. The number of carbonyl (C=O) groups excluding carboxylic acids is 2. The van der Waals surface area contributed by atoms with Crippen molar-refractivity contribution in [2.45, 2.75) is 19.4 Å². The molecule has 1 amide bonds. The van der Waals surface area contributed by atoms with E-state index in [0.717, 1.165) is 23.6 Å². The molecule has 11 heteroatoms. The lowest BCUT2D eigenvalue weighted by Crippen LogP contribution is -2.32. The smallest absolute Gasteiger partial charge is 0.286 e. The van der Waals surface area contributed by atoms with Crippen molar-refractivity contribution in [3.63, 3.8) is 0 Å². The first-order valence-corrected chi connectivity index (χ1v) is 7.65. The van der Waals surface area contributed by atoms with Crippen molar-refractivity contribution < 1.29 is 14.5 Å². The predicted octanol–water partition coefficient (Wildman–Crippen LogP) is 0.497. The molecule has 0 spiro atoms. The topological polar surface area (TPSA) is 162 Å². The summed E-state index contributed by atoms with van der Waals surface area (Å²) in [6, 6.07) is 2.55. The zero-order chi connectivity index (χ0) is 18.7. The van der Waals surface area contributed by atoms with Gasteiger partial charge in [0.25, 0.3) is 17.2 Å². The van der Waals surface area contributed by atoms with Gasteiger partial charge < -0.3 is 10.3 Å². The molecule has 0 saturated heterocycles. The van der Waals surface area contributed by atoms with Crippen molar-refractivity contribution in [2.75, 3.05) is 0 Å². The van der Waals surface area contributed by atoms with Crippen molar-refractivity contribution >= 4 is 28.7 Å². The van der Waals surface area contributed by atoms with Crippen LogP contribution in [0.4, 0.5) is 5.69 Å². The highest BCUT2D eigenvalue weighted by Gasteiger charge is 2.25. The fourth-order valence-corrected chi connectivity index (χ4v) is 2.90. The molecule has 1 atom stereocenters. The molecule has 0 bridgehead atoms. The Kier molecular flexibility index (Phi) is 5.04. The second-order valence-electron chi connectivity index (χ2n) is 5.02. The summed E-state index contributed by atoms with van der Waals surface area (Å²) in [7, 11) is 0. The van der Waals surface area contributed by atoms with Crippen LogP contribution in [-0.2, 0) is 11.3 Å². The van der Waals surface area contributed by atoms with Crippen molar-refractivity contribution in [2.24, 2.45) is 5.73 Å². The van der Waals surface area contributed by atoms with Gasteiger partial charge in [0.1, 0.15) is 10.6 Å². The molecule has 2 aromatic rings. The van der Waals surface area contributed by atoms with Crippen LogP contribution in [0.5, 0.6) is 0 Å². The van der Waals surface area contributed by atoms with Gasteiger partial charge in [-0.15, -0.1) is 11.3 Å². The number of amides is 1. The Morgan fingerprint density at radius 1 is 1.56 bits per heavy atom. The van der Waals surface area contributed by atoms with Crippen LogP contribution in [0.1, 0.15) is 27.0 Å². The molecule has 2 rings (SSSR count). The molecule has 128 valence electrons. The number of nitriles is 1. The van der Waals surface area contributed by atoms with E-state index < -0.39 is 45.9 Å². The van der Waals surface area contributed by atoms with Crippen LogP contribution < -0.4 is 11.3 Å². The fraction of sp³-hybridized carbons (Fsp3) is 0.214. The van der Waals surface area contributed by atoms with Crippen molar-refractivity contribution in [1.29, 1.82) is 5.26 Å². The maximum absolute atomic E-state index is 12.4. The number of nitrogens with zero attached hydrogens (tertiary/aromatic N) is 4. The minimum atomic E-state index is -1.22. The quantitative estimate of drug-likeness (QED) is 0.578. The van der Waals surface area contributed by atoms with Crippen LogP contribution in [0.25, 0.3) is 0 Å². The van der Waals surface area contributed by atoms with E-state index in [1.165, 1.54) is 0 Å². The Labute approximate surface area is 144 Å². The molecule has 10 nitrogen and oxygen atoms in total. The number of nitrogens with two attached hydrogens (primary N) is 1. The SMILES string of the molecule is Cc1csc(C(C#N)C(=O)Cn2cc([N+](=O)[O-])cc(C(N)=O)c2=O)n1. The Balaban J connectivity index is 2.43. The lowest BCUT2D eigenvalue weighted by Gasteiger charge is -2.09. The molecule has 0 saturated carbocycles. The molecule has 2 heterocycles. The number of aryl methyl sites for hydroxylation is 1. The maximum atomic E-state index is 12.4. The molecule has 0 aliphatic rings. The number of carbonyl (C=O) groups is 2. The standard InChI is InChI=1S/C14H11N5O5S/c1-7-6-25-13(17-7)10(3-15)11(20)5-18-4-8(19(23)24)2-9(12(16)21)14(18)22/h2,4,6,10H,5H2,1H3,(H2,16,21). The largest absolute Gasteiger partial charge is 0.365 e. The summed E-state index contributed by atoms with van der Waals surface area (Å²) in [5.74, 6) is -3.06. The van der Waals surface area contributed by atoms with Crippen molar-refractivity contribution in [3.8, 4) is 6.07 Å². The van der Waals surface area contributed by atoms with Crippen molar-refractivity contribution in [1.82, 2.24) is 9.55 Å². The first kappa shape index (κ1) is 18.0. The number of primary amides is 1. The van der Waals surface area contributed by atoms with Crippen LogP contribution in [0.3, 0.4) is 0 Å². The van der Waals surface area contributed by atoms with E-state index in [9.17, 15) is 29.8 Å². The second kappa shape index (κ2) is 7.02. The number of rotatable bonds is 6. The van der Waals surface area contributed by atoms with Crippen LogP contribution in [0.15, 0.2) is 22.4 Å². The lowest BCUT2D eigenvalue weighted by molar-refractivity contribution is -0.385. The molecule has 2 N–H and O–H groups in total. The Morgan fingerprint density at radius 3 is 2.72 bits per heavy atom. The number of thiazole rings is 1. The summed E-state index contributed by atoms with van der Waals surface area (Å²) >= 11 is 1.12. The number of nitro groups is 1. The minimum Gasteiger partial charge on any atom is -0.365 e. The molecule has 1 unspecified atom stereocenters. The molecular formula is C14H11N5O5S. The van der Waals surface area contributed by atoms with E-state index in [-0.39, 0.29) is 5.01 Å². The van der Waals surface area contributed by atoms with E-state index in [1.54, 1.807) is 18.4 Å². The summed E-state index contributed by atoms with van der Waals surface area (Å²) in [6.07, 6.45) is 0.828. The van der Waals surface area contributed by atoms with Crippen molar-refractivity contribution in [3.05, 3.63) is 54.4 Å². The summed E-state index contributed by atoms with van der Waals surface area (Å²) in [5, 5.41) is 22.1. The number of hydrogen-bond acceptors (Lipinski definition) is 8. The molecule has 2 aromatic heterocycles. The number of pyridine rings is 1. The van der Waals surface area contributed by atoms with Gasteiger partial charge in [-0.25, -0.2) is 4.98 Å². The van der Waals surface area contributed by atoms with E-state index >= 15 is 0 Å². The van der Waals surface area contributed by atoms with Gasteiger partial charge in [0.15, 0.2) is 11.7 Å². The number of ketones is 1. The van der Waals surface area contributed by atoms with E-state index in [2.05, 4.69) is 4.98 Å². The predicted molar refractivity (Wildman–Crippen MR) is 86.1 cm³/mol.